The number of aromatic nitrogens is 4. The van der Waals surface area contributed by atoms with Crippen LogP contribution in [0, 0.1) is 0 Å². The van der Waals surface area contributed by atoms with Gasteiger partial charge in [0.25, 0.3) is 5.56 Å². The van der Waals surface area contributed by atoms with Crippen molar-refractivity contribution in [3.63, 3.8) is 0 Å². The lowest BCUT2D eigenvalue weighted by molar-refractivity contribution is -0.146. The molecule has 14 nitrogen and oxygen atoms in total. The molecule has 46 heavy (non-hydrogen) atoms. The Labute approximate surface area is 275 Å². The number of benzene rings is 2. The Balaban J connectivity index is 0.000000353. The third-order valence-electron chi connectivity index (χ3n) is 5.37. The Morgan fingerprint density at radius 3 is 1.83 bits per heavy atom. The number of hydrogen-bond acceptors (Lipinski definition) is 14. The first kappa shape index (κ1) is 39.2. The van der Waals surface area contributed by atoms with Gasteiger partial charge in [-0.05, 0) is 24.3 Å². The fraction of sp³-hybridized carbons (Fsp3) is 0.250. The Morgan fingerprint density at radius 2 is 1.35 bits per heavy atom. The van der Waals surface area contributed by atoms with Gasteiger partial charge in [0.1, 0.15) is 12.8 Å². The smallest absolute Gasteiger partial charge is 0.313 e. The quantitative estimate of drug-likeness (QED) is 0.0548. The van der Waals surface area contributed by atoms with Crippen LogP contribution in [-0.4, -0.2) is 80.2 Å². The van der Waals surface area contributed by atoms with E-state index < -0.39 is 23.7 Å². The zero-order chi connectivity index (χ0) is 33.4. The van der Waals surface area contributed by atoms with Gasteiger partial charge in [-0.15, -0.1) is 0 Å². The van der Waals surface area contributed by atoms with Crippen LogP contribution in [0.1, 0.15) is 26.0 Å². The fourth-order valence-electron chi connectivity index (χ4n) is 3.32. The second-order valence-electron chi connectivity index (χ2n) is 8.35. The molecule has 4 radical (unpaired) electrons. The molecule has 5 aromatic rings. The highest BCUT2D eigenvalue weighted by atomic mass is 32.1. The Bertz CT molecular complexity index is 1700. The normalized spacial score (nSPS) is 9.57. The number of para-hydroxylation sites is 2. The minimum Gasteiger partial charge on any atom is -0.469 e. The van der Waals surface area contributed by atoms with Crippen LogP contribution >= 0.6 is 22.7 Å². The minimum absolute atomic E-state index is 0. The number of nitrogens with two attached hydrogens (primary N) is 1. The maximum Gasteiger partial charge on any atom is 0.313 e. The van der Waals surface area contributed by atoms with E-state index >= 15 is 0 Å². The minimum atomic E-state index is -0.649. The van der Waals surface area contributed by atoms with E-state index in [1.54, 1.807) is 11.3 Å². The van der Waals surface area contributed by atoms with Crippen molar-refractivity contribution < 1.29 is 33.4 Å². The molecule has 3 heterocycles. The molecule has 0 bridgehead atoms. The van der Waals surface area contributed by atoms with Crippen molar-refractivity contribution in [2.45, 2.75) is 26.7 Å². The average molecular weight is 666 g/mol. The largest absolute Gasteiger partial charge is 0.469 e. The van der Waals surface area contributed by atoms with E-state index in [1.807, 2.05) is 48.5 Å². The Morgan fingerprint density at radius 1 is 0.848 bits per heavy atom. The summed E-state index contributed by atoms with van der Waals surface area (Å²) in [6.07, 6.45) is -0.735. The number of hydrogen-bond donors (Lipinski definition) is 3. The number of anilines is 1. The van der Waals surface area contributed by atoms with E-state index in [2.05, 4.69) is 50.2 Å². The first-order valence-corrected chi connectivity index (χ1v) is 14.3. The number of hydrazine groups is 1. The van der Waals surface area contributed by atoms with Gasteiger partial charge in [-0.1, -0.05) is 54.4 Å². The summed E-state index contributed by atoms with van der Waals surface area (Å²) in [4.78, 5) is 63.5. The number of methoxy groups -OCH3 is 3. The summed E-state index contributed by atoms with van der Waals surface area (Å²) in [7, 11) is 11.7. The molecule has 0 aliphatic carbocycles. The SMILES string of the molecule is C.COC(=O)CC(=O)CC(=O)OC.COC(=O)Cc1cc(=O)n(-c2nc3ccccc3s2)[nH]1.NNc1nc2ccccc2s1.[B][B]. The molecule has 18 heteroatoms. The van der Waals surface area contributed by atoms with Gasteiger partial charge in [0.2, 0.25) is 5.13 Å². The predicted octanol–water partition coefficient (Wildman–Crippen LogP) is 2.63. The number of ether oxygens (including phenoxy) is 3. The maximum absolute atomic E-state index is 11.9. The highest BCUT2D eigenvalue weighted by Crippen LogP contribution is 2.24. The average Bonchev–Trinajstić information content (AvgIpc) is 3.78. The maximum atomic E-state index is 11.9. The molecule has 0 spiro atoms. The molecule has 0 fully saturated rings. The molecular weight excluding hydrogens is 634 g/mol. The number of nitrogens with zero attached hydrogens (tertiary/aromatic N) is 3. The summed E-state index contributed by atoms with van der Waals surface area (Å²) in [6, 6.07) is 17.0. The molecule has 0 atom stereocenters. The van der Waals surface area contributed by atoms with Gasteiger partial charge in [0.15, 0.2) is 10.9 Å². The molecule has 2 aromatic carbocycles. The lowest BCUT2D eigenvalue weighted by Crippen LogP contribution is -2.14. The molecule has 4 N–H and O–H groups in total. The zero-order valence-corrected chi connectivity index (χ0v) is 26.1. The third-order valence-corrected chi connectivity index (χ3v) is 7.35. The summed E-state index contributed by atoms with van der Waals surface area (Å²) in [6.45, 7) is 0. The molecule has 240 valence electrons. The molecule has 0 unspecified atom stereocenters. The number of H-pyrrole nitrogens is 1. The lowest BCUT2D eigenvalue weighted by atomic mass is 9.81. The van der Waals surface area contributed by atoms with Crippen molar-refractivity contribution in [2.24, 2.45) is 5.84 Å². The van der Waals surface area contributed by atoms with Crippen molar-refractivity contribution in [2.75, 3.05) is 26.8 Å². The number of nitrogen functional groups attached to an aromatic ring is 1. The van der Waals surface area contributed by atoms with Crippen molar-refractivity contribution in [3.05, 3.63) is 70.6 Å². The van der Waals surface area contributed by atoms with Crippen LogP contribution < -0.4 is 16.8 Å². The highest BCUT2D eigenvalue weighted by molar-refractivity contribution is 7.22. The summed E-state index contributed by atoms with van der Waals surface area (Å²) < 4.78 is 16.5. The Kier molecular flexibility index (Phi) is 17.3. The van der Waals surface area contributed by atoms with Crippen LogP contribution in [0.3, 0.4) is 0 Å². The summed E-state index contributed by atoms with van der Waals surface area (Å²) in [5.41, 5.74) is 4.61. The molecule has 0 aliphatic heterocycles. The van der Waals surface area contributed by atoms with Gasteiger partial charge in [-0.3, -0.25) is 34.5 Å². The second kappa shape index (κ2) is 20.3. The van der Waals surface area contributed by atoms with Gasteiger partial charge in [-0.25, -0.2) is 15.8 Å². The fourth-order valence-corrected chi connectivity index (χ4v) is 5.03. The summed E-state index contributed by atoms with van der Waals surface area (Å²) in [5.74, 6) is 3.01. The van der Waals surface area contributed by atoms with Gasteiger partial charge in [0, 0.05) is 27.2 Å². The van der Waals surface area contributed by atoms with Gasteiger partial charge < -0.3 is 14.2 Å². The van der Waals surface area contributed by atoms with Crippen LogP contribution in [0.15, 0.2) is 59.4 Å². The highest BCUT2D eigenvalue weighted by Gasteiger charge is 2.14. The standard InChI is InChI=1S/C13H11N3O3S.C7H7N3S.C7H10O5.CH4.B2/c1-19-12(18)7-8-6-11(17)16(15-8)13-14-9-4-2-3-5-10(9)20-13;8-10-7-9-5-3-1-2-4-6(5)11-7;1-11-6(9)3-5(8)4-7(10)12-2;;1-2/h2-6,15H,7H2,1H3;1-4H,8H2,(H,9,10);3-4H2,1-2H3;1H4;. The molecule has 0 saturated carbocycles. The van der Waals surface area contributed by atoms with Crippen molar-refractivity contribution >= 4 is 87.4 Å². The number of esters is 3. The van der Waals surface area contributed by atoms with Crippen molar-refractivity contribution in [3.8, 4) is 5.13 Å². The lowest BCUT2D eigenvalue weighted by Gasteiger charge is -1.97. The van der Waals surface area contributed by atoms with Crippen molar-refractivity contribution in [1.82, 2.24) is 19.7 Å². The van der Waals surface area contributed by atoms with Gasteiger partial charge in [-0.2, -0.15) is 4.68 Å². The van der Waals surface area contributed by atoms with Crippen molar-refractivity contribution in [1.29, 1.82) is 0 Å². The number of ketones is 1. The van der Waals surface area contributed by atoms with E-state index in [0.29, 0.717) is 10.8 Å². The molecule has 0 aliphatic rings. The van der Waals surface area contributed by atoms with Crippen LogP contribution in [0.2, 0.25) is 0 Å². The molecular formula is C28H32B2N6O8S2. The topological polar surface area (TPSA) is 198 Å². The Hall–Kier alpha value is -4.80. The monoisotopic (exact) mass is 666 g/mol. The second-order valence-corrected chi connectivity index (χ2v) is 10.4. The number of thiazole rings is 2. The number of rotatable bonds is 8. The number of carbonyl (C=O) groups is 4. The first-order valence-electron chi connectivity index (χ1n) is 12.7. The van der Waals surface area contributed by atoms with Gasteiger partial charge in [0.05, 0.1) is 48.2 Å². The van der Waals surface area contributed by atoms with E-state index in [4.69, 9.17) is 5.84 Å². The number of Topliss-reactive ketones (excluding diaryl/α,β-unsaturated/α-hetero) is 1. The molecule has 0 amide bonds. The number of aromatic amines is 1. The number of carbonyl (C=O) groups excluding carboxylic acids is 4. The molecule has 5 rings (SSSR count). The molecule has 3 aromatic heterocycles. The van der Waals surface area contributed by atoms with E-state index in [0.717, 1.165) is 25.6 Å². The first-order chi connectivity index (χ1) is 21.7. The summed E-state index contributed by atoms with van der Waals surface area (Å²) in [5, 5.41) is 4.18. The van der Waals surface area contributed by atoms with E-state index in [9.17, 15) is 24.0 Å². The summed E-state index contributed by atoms with van der Waals surface area (Å²) >= 11 is 2.96. The number of nitrogens with one attached hydrogen (secondary N) is 2. The van der Waals surface area contributed by atoms with Crippen LogP contribution in [0.4, 0.5) is 5.13 Å². The predicted molar refractivity (Wildman–Crippen MR) is 179 cm³/mol. The zero-order valence-electron chi connectivity index (χ0n) is 24.5. The van der Waals surface area contributed by atoms with E-state index in [-0.39, 0.29) is 32.2 Å². The van der Waals surface area contributed by atoms with Crippen LogP contribution in [-0.2, 0) is 39.8 Å². The van der Waals surface area contributed by atoms with E-state index in [1.165, 1.54) is 43.4 Å². The number of fused-ring (bicyclic) bond motifs is 2. The van der Waals surface area contributed by atoms with Gasteiger partial charge >= 0.3 is 17.9 Å². The van der Waals surface area contributed by atoms with Crippen LogP contribution in [0.25, 0.3) is 25.6 Å². The third kappa shape index (κ3) is 11.9. The molecule has 0 saturated heterocycles. The van der Waals surface area contributed by atoms with Crippen LogP contribution in [0.5, 0.6) is 0 Å².